The lowest BCUT2D eigenvalue weighted by Crippen LogP contribution is -2.59. The van der Waals surface area contributed by atoms with Gasteiger partial charge in [-0.05, 0) is 30.7 Å². The van der Waals surface area contributed by atoms with Crippen molar-refractivity contribution < 1.29 is 24.2 Å². The Balaban J connectivity index is 1.78. The van der Waals surface area contributed by atoms with Crippen LogP contribution in [0.3, 0.4) is 0 Å². The molecular formula is C33H46BrN3O5. The first-order valence-corrected chi connectivity index (χ1v) is 16.1. The second-order valence-corrected chi connectivity index (χ2v) is 13.5. The molecule has 3 amide bonds. The number of ether oxygens (including phenoxy) is 1. The van der Waals surface area contributed by atoms with Crippen LogP contribution in [-0.2, 0) is 25.7 Å². The number of fused-ring (bicyclic) bond motifs is 1. The molecule has 1 aromatic carbocycles. The minimum atomic E-state index is -1.17. The SMILES string of the molecule is C=CCN(CCCC)C(=O)C1N([C@@H](CO)CC(C)C)C(=O)[C@@H]2[C@@H](C(=O)N(CC=C)Cc3ccccc3)[C@@H]3OC12CC3Br. The number of halogens is 1. The Bertz CT molecular complexity index is 1150. The van der Waals surface area contributed by atoms with Crippen LogP contribution in [-0.4, -0.2) is 92.4 Å². The molecule has 0 radical (unpaired) electrons. The van der Waals surface area contributed by atoms with Gasteiger partial charge < -0.3 is 24.5 Å². The smallest absolute Gasteiger partial charge is 0.248 e. The van der Waals surface area contributed by atoms with Crippen molar-refractivity contribution in [2.45, 2.75) is 81.6 Å². The van der Waals surface area contributed by atoms with E-state index in [9.17, 15) is 19.5 Å². The molecule has 230 valence electrons. The number of carbonyl (C=O) groups excluding carboxylic acids is 3. The Morgan fingerprint density at radius 3 is 2.43 bits per heavy atom. The van der Waals surface area contributed by atoms with Crippen LogP contribution in [0.1, 0.15) is 52.0 Å². The number of rotatable bonds is 15. The molecule has 0 saturated carbocycles. The van der Waals surface area contributed by atoms with Gasteiger partial charge in [-0.15, -0.1) is 13.2 Å². The number of alkyl halides is 1. The molecule has 2 bridgehead atoms. The van der Waals surface area contributed by atoms with Crippen molar-refractivity contribution in [1.29, 1.82) is 0 Å². The fraction of sp³-hybridized carbons (Fsp3) is 0.606. The predicted octanol–water partition coefficient (Wildman–Crippen LogP) is 4.17. The molecule has 3 unspecified atom stereocenters. The summed E-state index contributed by atoms with van der Waals surface area (Å²) >= 11 is 3.77. The van der Waals surface area contributed by atoms with E-state index >= 15 is 0 Å². The van der Waals surface area contributed by atoms with Gasteiger partial charge in [-0.1, -0.05) is 85.6 Å². The Hall–Kier alpha value is -2.49. The molecule has 3 saturated heterocycles. The third-order valence-corrected chi connectivity index (χ3v) is 9.76. The summed E-state index contributed by atoms with van der Waals surface area (Å²) in [5.74, 6) is -2.07. The van der Waals surface area contributed by atoms with Gasteiger partial charge in [-0.25, -0.2) is 0 Å². The maximum Gasteiger partial charge on any atom is 0.248 e. The molecular weight excluding hydrogens is 598 g/mol. The van der Waals surface area contributed by atoms with Crippen LogP contribution in [0, 0.1) is 17.8 Å². The minimum Gasteiger partial charge on any atom is -0.394 e. The first kappa shape index (κ1) is 32.4. The van der Waals surface area contributed by atoms with Gasteiger partial charge in [0.1, 0.15) is 11.6 Å². The van der Waals surface area contributed by atoms with Gasteiger partial charge in [0.25, 0.3) is 0 Å². The highest BCUT2D eigenvalue weighted by Gasteiger charge is 2.77. The van der Waals surface area contributed by atoms with Crippen molar-refractivity contribution in [3.63, 3.8) is 0 Å². The number of aliphatic hydroxyl groups excluding tert-OH is 1. The molecule has 9 heteroatoms. The average Bonchev–Trinajstić information content (AvgIpc) is 3.56. The zero-order valence-corrected chi connectivity index (χ0v) is 26.7. The molecule has 3 heterocycles. The molecule has 3 aliphatic rings. The number of amides is 3. The number of aliphatic hydroxyl groups is 1. The van der Waals surface area contributed by atoms with Gasteiger partial charge in [0.2, 0.25) is 17.7 Å². The molecule has 1 spiro atoms. The highest BCUT2D eigenvalue weighted by atomic mass is 79.9. The normalized spacial score (nSPS) is 28.6. The van der Waals surface area contributed by atoms with Gasteiger partial charge in [-0.2, -0.15) is 0 Å². The number of unbranched alkanes of at least 4 members (excludes halogenated alkanes) is 1. The van der Waals surface area contributed by atoms with E-state index < -0.39 is 35.6 Å². The number of likely N-dealkylation sites (tertiary alicyclic amines) is 1. The van der Waals surface area contributed by atoms with Crippen molar-refractivity contribution in [2.75, 3.05) is 26.2 Å². The van der Waals surface area contributed by atoms with E-state index in [2.05, 4.69) is 36.0 Å². The Morgan fingerprint density at radius 1 is 1.17 bits per heavy atom. The van der Waals surface area contributed by atoms with E-state index in [0.29, 0.717) is 39.0 Å². The molecule has 8 nitrogen and oxygen atoms in total. The highest BCUT2D eigenvalue weighted by Crippen LogP contribution is 2.61. The molecule has 1 aromatic rings. The quantitative estimate of drug-likeness (QED) is 0.229. The fourth-order valence-electron chi connectivity index (χ4n) is 7.21. The second-order valence-electron chi connectivity index (χ2n) is 12.3. The van der Waals surface area contributed by atoms with Gasteiger partial charge in [0, 0.05) is 31.0 Å². The number of benzene rings is 1. The molecule has 4 rings (SSSR count). The Labute approximate surface area is 258 Å². The first-order valence-electron chi connectivity index (χ1n) is 15.2. The predicted molar refractivity (Wildman–Crippen MR) is 167 cm³/mol. The van der Waals surface area contributed by atoms with Crippen molar-refractivity contribution in [3.8, 4) is 0 Å². The summed E-state index contributed by atoms with van der Waals surface area (Å²) in [5.41, 5.74) is -0.196. The summed E-state index contributed by atoms with van der Waals surface area (Å²) in [7, 11) is 0. The average molecular weight is 645 g/mol. The largest absolute Gasteiger partial charge is 0.394 e. The lowest BCUT2D eigenvalue weighted by molar-refractivity contribution is -0.152. The molecule has 0 aliphatic carbocycles. The van der Waals surface area contributed by atoms with Crippen molar-refractivity contribution in [2.24, 2.45) is 17.8 Å². The van der Waals surface area contributed by atoms with Crippen molar-refractivity contribution >= 4 is 33.7 Å². The van der Waals surface area contributed by atoms with E-state index in [1.807, 2.05) is 44.2 Å². The van der Waals surface area contributed by atoms with Crippen LogP contribution >= 0.6 is 15.9 Å². The van der Waals surface area contributed by atoms with E-state index in [1.54, 1.807) is 26.9 Å². The second kappa shape index (κ2) is 13.9. The van der Waals surface area contributed by atoms with Gasteiger partial charge in [0.15, 0.2) is 0 Å². The minimum absolute atomic E-state index is 0.181. The molecule has 0 aromatic heterocycles. The lowest BCUT2D eigenvalue weighted by Gasteiger charge is -2.40. The van der Waals surface area contributed by atoms with Crippen LogP contribution < -0.4 is 0 Å². The summed E-state index contributed by atoms with van der Waals surface area (Å²) < 4.78 is 6.74. The zero-order chi connectivity index (χ0) is 30.6. The monoisotopic (exact) mass is 643 g/mol. The third-order valence-electron chi connectivity index (χ3n) is 8.91. The van der Waals surface area contributed by atoms with Gasteiger partial charge in [0.05, 0.1) is 30.6 Å². The molecule has 3 fully saturated rings. The highest BCUT2D eigenvalue weighted by molar-refractivity contribution is 9.09. The maximum absolute atomic E-state index is 14.6. The third kappa shape index (κ3) is 5.97. The Morgan fingerprint density at radius 2 is 1.83 bits per heavy atom. The zero-order valence-electron chi connectivity index (χ0n) is 25.2. The number of hydrogen-bond donors (Lipinski definition) is 1. The van der Waals surface area contributed by atoms with E-state index in [1.165, 1.54) is 0 Å². The summed E-state index contributed by atoms with van der Waals surface area (Å²) in [5, 5.41) is 10.5. The summed E-state index contributed by atoms with van der Waals surface area (Å²) in [4.78, 5) is 48.3. The molecule has 42 heavy (non-hydrogen) atoms. The van der Waals surface area contributed by atoms with Crippen LogP contribution in [0.4, 0.5) is 0 Å². The van der Waals surface area contributed by atoms with Crippen LogP contribution in [0.2, 0.25) is 0 Å². The molecule has 1 N–H and O–H groups in total. The van der Waals surface area contributed by atoms with Crippen LogP contribution in [0.15, 0.2) is 55.6 Å². The maximum atomic E-state index is 14.6. The lowest BCUT2D eigenvalue weighted by atomic mass is 9.70. The summed E-state index contributed by atoms with van der Waals surface area (Å²) in [6.07, 6.45) is 5.53. The Kier molecular flexibility index (Phi) is 10.7. The number of nitrogens with zero attached hydrogens (tertiary/aromatic N) is 3. The van der Waals surface area contributed by atoms with Crippen molar-refractivity contribution in [1.82, 2.24) is 14.7 Å². The van der Waals surface area contributed by atoms with Gasteiger partial charge in [-0.3, -0.25) is 14.4 Å². The van der Waals surface area contributed by atoms with Gasteiger partial charge >= 0.3 is 0 Å². The fourth-order valence-corrected chi connectivity index (χ4v) is 8.16. The summed E-state index contributed by atoms with van der Waals surface area (Å²) in [6, 6.07) is 8.23. The summed E-state index contributed by atoms with van der Waals surface area (Å²) in [6.45, 7) is 15.2. The van der Waals surface area contributed by atoms with Crippen molar-refractivity contribution in [3.05, 3.63) is 61.2 Å². The van der Waals surface area contributed by atoms with Crippen LogP contribution in [0.5, 0.6) is 0 Å². The van der Waals surface area contributed by atoms with E-state index in [4.69, 9.17) is 4.74 Å². The standard InChI is InChI=1S/C33H46BrN3O5/c1-6-9-17-35(15-7-2)32(41)29-33-19-25(34)28(42-33)26(27(33)31(40)37(29)24(21-38)18-22(4)5)30(39)36(16-8-3)20-23-13-11-10-12-14-23/h7-8,10-14,22,24-29,38H,2-3,6,9,15-21H2,1,4-5H3/t24-,25?,26-,27+,28-,29?,33?/m1/s1. The number of hydrogen-bond acceptors (Lipinski definition) is 5. The van der Waals surface area contributed by atoms with E-state index in [-0.39, 0.29) is 35.1 Å². The first-order chi connectivity index (χ1) is 20.1. The van der Waals surface area contributed by atoms with E-state index in [0.717, 1.165) is 18.4 Å². The van der Waals surface area contributed by atoms with Crippen LogP contribution in [0.25, 0.3) is 0 Å². The molecule has 3 aliphatic heterocycles. The molecule has 7 atom stereocenters. The topological polar surface area (TPSA) is 90.4 Å². The number of carbonyl (C=O) groups is 3.